The van der Waals surface area contributed by atoms with Gasteiger partial charge in [-0.3, -0.25) is 19.3 Å². The van der Waals surface area contributed by atoms with Gasteiger partial charge in [-0.05, 0) is 37.1 Å². The molecule has 0 saturated carbocycles. The van der Waals surface area contributed by atoms with Crippen LogP contribution < -0.4 is 10.2 Å². The van der Waals surface area contributed by atoms with E-state index in [-0.39, 0.29) is 18.2 Å². The Labute approximate surface area is 197 Å². The molecule has 4 rings (SSSR count). The minimum Gasteiger partial charge on any atom is -0.366 e. The zero-order chi connectivity index (χ0) is 24.5. The number of imide groups is 1. The first-order valence-electron chi connectivity index (χ1n) is 11.3. The Morgan fingerprint density at radius 3 is 2.29 bits per heavy atom. The van der Waals surface area contributed by atoms with Gasteiger partial charge in [-0.15, -0.1) is 0 Å². The predicted molar refractivity (Wildman–Crippen MR) is 124 cm³/mol. The van der Waals surface area contributed by atoms with Crippen LogP contribution in [0.5, 0.6) is 0 Å². The second-order valence-electron chi connectivity index (χ2n) is 8.54. The summed E-state index contributed by atoms with van der Waals surface area (Å²) in [7, 11) is 0. The molecule has 0 aromatic heterocycles. The molecule has 0 spiro atoms. The summed E-state index contributed by atoms with van der Waals surface area (Å²) in [6.07, 6.45) is 0.360. The van der Waals surface area contributed by atoms with Crippen LogP contribution in [0.4, 0.5) is 14.9 Å². The molecule has 2 heterocycles. The Hall–Kier alpha value is -3.75. The highest BCUT2D eigenvalue weighted by Crippen LogP contribution is 2.32. The third-order valence-electron chi connectivity index (χ3n) is 6.59. The smallest absolute Gasteiger partial charge is 0.325 e. The first-order chi connectivity index (χ1) is 16.3. The number of urea groups is 1. The molecule has 2 aromatic carbocycles. The number of carbonyl (C=O) groups is 4. The first-order valence-corrected chi connectivity index (χ1v) is 11.3. The minimum absolute atomic E-state index is 0.208. The van der Waals surface area contributed by atoms with Gasteiger partial charge in [0, 0.05) is 31.7 Å². The van der Waals surface area contributed by atoms with E-state index in [9.17, 15) is 23.6 Å². The van der Waals surface area contributed by atoms with Crippen LogP contribution in [0, 0.1) is 5.82 Å². The van der Waals surface area contributed by atoms with Crippen molar-refractivity contribution in [3.05, 3.63) is 65.5 Å². The Morgan fingerprint density at radius 2 is 1.71 bits per heavy atom. The van der Waals surface area contributed by atoms with Crippen molar-refractivity contribution in [3.8, 4) is 0 Å². The fraction of sp³-hybridized carbons (Fsp3) is 0.360. The van der Waals surface area contributed by atoms with E-state index in [0.29, 0.717) is 49.4 Å². The minimum atomic E-state index is -1.18. The van der Waals surface area contributed by atoms with Crippen LogP contribution >= 0.6 is 0 Å². The molecule has 9 heteroatoms. The third kappa shape index (κ3) is 4.13. The summed E-state index contributed by atoms with van der Waals surface area (Å²) in [5.41, 5.74) is 0.183. The Morgan fingerprint density at radius 1 is 1.03 bits per heavy atom. The fourth-order valence-electron chi connectivity index (χ4n) is 4.55. The molecule has 0 radical (unpaired) electrons. The Balaban J connectivity index is 1.40. The van der Waals surface area contributed by atoms with Gasteiger partial charge in [-0.1, -0.05) is 37.3 Å². The van der Waals surface area contributed by atoms with Crippen LogP contribution in [-0.2, 0) is 15.1 Å². The molecular formula is C25H27FN4O4. The monoisotopic (exact) mass is 466 g/mol. The molecule has 8 nitrogen and oxygen atoms in total. The molecule has 4 amide bonds. The maximum Gasteiger partial charge on any atom is 0.325 e. The zero-order valence-corrected chi connectivity index (χ0v) is 19.2. The van der Waals surface area contributed by atoms with Crippen molar-refractivity contribution < 1.29 is 23.6 Å². The molecule has 178 valence electrons. The Bertz CT molecular complexity index is 1130. The highest BCUT2D eigenvalue weighted by molar-refractivity contribution is 6.09. The average molecular weight is 467 g/mol. The molecule has 1 N–H and O–H groups in total. The van der Waals surface area contributed by atoms with Crippen LogP contribution in [0.25, 0.3) is 0 Å². The maximum atomic E-state index is 14.5. The number of carbonyl (C=O) groups excluding carboxylic acids is 4. The standard InChI is InChI=1S/C25H27FN4O4/c1-3-25(19-7-5-4-6-8-19)23(33)30(24(34)27-25)16-22(32)29-13-11-28(12-14-29)21-10-9-18(17(2)31)15-20(21)26/h4-10,15H,3,11-14,16H2,1-2H3,(H,27,34). The highest BCUT2D eigenvalue weighted by Gasteiger charge is 2.51. The van der Waals surface area contributed by atoms with Gasteiger partial charge in [0.05, 0.1) is 5.69 Å². The van der Waals surface area contributed by atoms with E-state index in [0.717, 1.165) is 4.90 Å². The van der Waals surface area contributed by atoms with Gasteiger partial charge in [-0.25, -0.2) is 9.18 Å². The van der Waals surface area contributed by atoms with Crippen LogP contribution in [0.3, 0.4) is 0 Å². The summed E-state index contributed by atoms with van der Waals surface area (Å²) in [6.45, 7) is 4.30. The second-order valence-corrected chi connectivity index (χ2v) is 8.54. The fourth-order valence-corrected chi connectivity index (χ4v) is 4.55. The largest absolute Gasteiger partial charge is 0.366 e. The SMILES string of the molecule is CCC1(c2ccccc2)NC(=O)N(CC(=O)N2CCN(c3ccc(C(C)=O)cc3F)CC2)C1=O. The number of halogens is 1. The van der Waals surface area contributed by atoms with E-state index in [2.05, 4.69) is 5.32 Å². The van der Waals surface area contributed by atoms with E-state index in [1.807, 2.05) is 17.9 Å². The lowest BCUT2D eigenvalue weighted by molar-refractivity contribution is -0.139. The maximum absolute atomic E-state index is 14.5. The van der Waals surface area contributed by atoms with Crippen LogP contribution in [0.1, 0.15) is 36.2 Å². The quantitative estimate of drug-likeness (QED) is 0.522. The number of anilines is 1. The van der Waals surface area contributed by atoms with Crippen molar-refractivity contribution in [1.29, 1.82) is 0 Å². The number of ketones is 1. The van der Waals surface area contributed by atoms with Gasteiger partial charge in [0.15, 0.2) is 5.78 Å². The summed E-state index contributed by atoms with van der Waals surface area (Å²) in [4.78, 5) is 54.6. The summed E-state index contributed by atoms with van der Waals surface area (Å²) >= 11 is 0. The number of nitrogens with one attached hydrogen (secondary N) is 1. The molecule has 2 aromatic rings. The number of Topliss-reactive ketones (excluding diaryl/α,β-unsaturated/α-hetero) is 1. The highest BCUT2D eigenvalue weighted by atomic mass is 19.1. The van der Waals surface area contributed by atoms with Gasteiger partial charge in [0.1, 0.15) is 17.9 Å². The summed E-state index contributed by atoms with van der Waals surface area (Å²) in [5, 5.41) is 2.78. The van der Waals surface area contributed by atoms with E-state index in [1.165, 1.54) is 13.0 Å². The molecular weight excluding hydrogens is 439 g/mol. The number of piperazine rings is 1. The molecule has 34 heavy (non-hydrogen) atoms. The van der Waals surface area contributed by atoms with Crippen LogP contribution in [0.2, 0.25) is 0 Å². The van der Waals surface area contributed by atoms with Gasteiger partial charge in [0.25, 0.3) is 5.91 Å². The van der Waals surface area contributed by atoms with Gasteiger partial charge >= 0.3 is 6.03 Å². The van der Waals surface area contributed by atoms with Crippen molar-refractivity contribution in [3.63, 3.8) is 0 Å². The number of nitrogens with zero attached hydrogens (tertiary/aromatic N) is 3. The molecule has 2 saturated heterocycles. The number of benzene rings is 2. The molecule has 0 bridgehead atoms. The van der Waals surface area contributed by atoms with Crippen LogP contribution in [0.15, 0.2) is 48.5 Å². The van der Waals surface area contributed by atoms with E-state index >= 15 is 0 Å². The topological polar surface area (TPSA) is 90.0 Å². The number of hydrogen-bond donors (Lipinski definition) is 1. The Kier molecular flexibility index (Phi) is 6.37. The molecule has 1 unspecified atom stereocenters. The lowest BCUT2D eigenvalue weighted by atomic mass is 9.87. The predicted octanol–water partition coefficient (Wildman–Crippen LogP) is 2.53. The third-order valence-corrected chi connectivity index (χ3v) is 6.59. The molecule has 0 aliphatic carbocycles. The zero-order valence-electron chi connectivity index (χ0n) is 19.2. The normalized spacial score (nSPS) is 20.5. The summed E-state index contributed by atoms with van der Waals surface area (Å²) in [6, 6.07) is 12.8. The lowest BCUT2D eigenvalue weighted by Gasteiger charge is -2.36. The summed E-state index contributed by atoms with van der Waals surface area (Å²) in [5.74, 6) is -1.47. The van der Waals surface area contributed by atoms with Gasteiger partial charge < -0.3 is 15.1 Å². The van der Waals surface area contributed by atoms with Crippen molar-refractivity contribution in [2.24, 2.45) is 0 Å². The lowest BCUT2D eigenvalue weighted by Crippen LogP contribution is -2.52. The van der Waals surface area contributed by atoms with E-state index < -0.39 is 23.3 Å². The average Bonchev–Trinajstić information content (AvgIpc) is 3.09. The molecule has 2 aliphatic heterocycles. The molecule has 1 atom stereocenters. The number of amides is 4. The summed E-state index contributed by atoms with van der Waals surface area (Å²) < 4.78 is 14.5. The molecule has 2 aliphatic rings. The van der Waals surface area contributed by atoms with Crippen molar-refractivity contribution >= 4 is 29.3 Å². The second kappa shape index (κ2) is 9.24. The van der Waals surface area contributed by atoms with Crippen molar-refractivity contribution in [2.75, 3.05) is 37.6 Å². The van der Waals surface area contributed by atoms with Gasteiger partial charge in [0.2, 0.25) is 5.91 Å². The van der Waals surface area contributed by atoms with Crippen molar-refractivity contribution in [2.45, 2.75) is 25.8 Å². The van der Waals surface area contributed by atoms with Crippen molar-refractivity contribution in [1.82, 2.24) is 15.1 Å². The number of rotatable bonds is 6. The first kappa shape index (κ1) is 23.4. The molecule has 2 fully saturated rings. The van der Waals surface area contributed by atoms with Gasteiger partial charge in [-0.2, -0.15) is 0 Å². The number of hydrogen-bond acceptors (Lipinski definition) is 5. The van der Waals surface area contributed by atoms with E-state index in [4.69, 9.17) is 0 Å². The van der Waals surface area contributed by atoms with E-state index in [1.54, 1.807) is 41.3 Å². The van der Waals surface area contributed by atoms with Crippen LogP contribution in [-0.4, -0.2) is 66.2 Å².